The Labute approximate surface area is 104 Å². The summed E-state index contributed by atoms with van der Waals surface area (Å²) in [4.78, 5) is 13.6. The third-order valence-corrected chi connectivity index (χ3v) is 3.32. The van der Waals surface area contributed by atoms with E-state index < -0.39 is 0 Å². The second-order valence-electron chi connectivity index (χ2n) is 5.14. The lowest BCUT2D eigenvalue weighted by molar-refractivity contribution is -0.145. The van der Waals surface area contributed by atoms with Gasteiger partial charge >= 0.3 is 5.97 Å². The fourth-order valence-electron chi connectivity index (χ4n) is 1.96. The lowest BCUT2D eigenvalue weighted by atomic mass is 10.0. The molecule has 0 saturated heterocycles. The van der Waals surface area contributed by atoms with Crippen molar-refractivity contribution in [3.63, 3.8) is 0 Å². The maximum atomic E-state index is 11.5. The molecule has 4 heteroatoms. The fraction of sp³-hybridized carbons (Fsp3) is 0.846. The number of nitrogens with zero attached hydrogens (tertiary/aromatic N) is 2. The highest BCUT2D eigenvalue weighted by molar-refractivity contribution is 5.71. The van der Waals surface area contributed by atoms with E-state index in [2.05, 4.69) is 24.8 Å². The van der Waals surface area contributed by atoms with Crippen LogP contribution in [0, 0.1) is 16.7 Å². The molecule has 96 valence electrons. The first kappa shape index (κ1) is 14.0. The highest BCUT2D eigenvalue weighted by atomic mass is 16.5. The van der Waals surface area contributed by atoms with Crippen molar-refractivity contribution in [2.24, 2.45) is 5.41 Å². The Morgan fingerprint density at radius 3 is 2.59 bits per heavy atom. The van der Waals surface area contributed by atoms with E-state index in [1.165, 1.54) is 0 Å². The summed E-state index contributed by atoms with van der Waals surface area (Å²) in [5, 5.41) is 8.80. The Morgan fingerprint density at radius 1 is 1.53 bits per heavy atom. The van der Waals surface area contributed by atoms with Crippen LogP contribution in [0.1, 0.15) is 40.0 Å². The lowest BCUT2D eigenvalue weighted by Crippen LogP contribution is -2.40. The van der Waals surface area contributed by atoms with Crippen molar-refractivity contribution in [2.45, 2.75) is 46.1 Å². The quantitative estimate of drug-likeness (QED) is 0.636. The molecule has 0 radical (unpaired) electrons. The van der Waals surface area contributed by atoms with Gasteiger partial charge in [0, 0.05) is 19.0 Å². The summed E-state index contributed by atoms with van der Waals surface area (Å²) in [6.07, 6.45) is 2.80. The number of ether oxygens (including phenoxy) is 1. The summed E-state index contributed by atoms with van der Waals surface area (Å²) >= 11 is 0. The lowest BCUT2D eigenvalue weighted by Gasteiger charge is -2.28. The van der Waals surface area contributed by atoms with Gasteiger partial charge < -0.3 is 4.74 Å². The van der Waals surface area contributed by atoms with Crippen LogP contribution in [0.5, 0.6) is 0 Å². The smallest absolute Gasteiger partial charge is 0.320 e. The highest BCUT2D eigenvalue weighted by Crippen LogP contribution is 2.49. The number of esters is 1. The van der Waals surface area contributed by atoms with Crippen LogP contribution in [0.25, 0.3) is 0 Å². The van der Waals surface area contributed by atoms with Crippen LogP contribution in [-0.4, -0.2) is 36.6 Å². The Hall–Kier alpha value is -1.08. The Bertz CT molecular complexity index is 303. The summed E-state index contributed by atoms with van der Waals surface area (Å²) in [6.45, 7) is 7.54. The zero-order chi connectivity index (χ0) is 12.9. The van der Waals surface area contributed by atoms with Crippen LogP contribution in [0.3, 0.4) is 0 Å². The standard InChI is InChI=1S/C13H22N2O2/c1-4-17-12(16)9-15(11(2)3)10-13(5-6-13)7-8-14/h11H,4-7,9-10H2,1-3H3. The van der Waals surface area contributed by atoms with Crippen LogP contribution in [0.4, 0.5) is 0 Å². The van der Waals surface area contributed by atoms with E-state index in [0.29, 0.717) is 25.6 Å². The van der Waals surface area contributed by atoms with Gasteiger partial charge in [0.15, 0.2) is 0 Å². The number of carbonyl (C=O) groups excluding carboxylic acids is 1. The van der Waals surface area contributed by atoms with Crippen molar-refractivity contribution in [1.82, 2.24) is 4.90 Å². The van der Waals surface area contributed by atoms with Gasteiger partial charge in [-0.25, -0.2) is 0 Å². The van der Waals surface area contributed by atoms with Gasteiger partial charge in [-0.2, -0.15) is 5.26 Å². The van der Waals surface area contributed by atoms with Gasteiger partial charge in [-0.1, -0.05) is 0 Å². The molecule has 0 aromatic heterocycles. The van der Waals surface area contributed by atoms with Crippen molar-refractivity contribution < 1.29 is 9.53 Å². The van der Waals surface area contributed by atoms with E-state index in [-0.39, 0.29) is 11.4 Å². The van der Waals surface area contributed by atoms with Gasteiger partial charge in [0.05, 0.1) is 19.2 Å². The molecule has 17 heavy (non-hydrogen) atoms. The molecule has 1 aliphatic carbocycles. The first-order valence-electron chi connectivity index (χ1n) is 6.29. The second-order valence-corrected chi connectivity index (χ2v) is 5.14. The summed E-state index contributed by atoms with van der Waals surface area (Å²) in [5.41, 5.74) is 0.144. The second kappa shape index (κ2) is 6.02. The van der Waals surface area contributed by atoms with Crippen LogP contribution in [-0.2, 0) is 9.53 Å². The molecule has 1 saturated carbocycles. The predicted octanol–water partition coefficient (Wildman–Crippen LogP) is 1.95. The molecule has 0 bridgehead atoms. The molecular formula is C13H22N2O2. The first-order valence-corrected chi connectivity index (χ1v) is 6.29. The van der Waals surface area contributed by atoms with E-state index in [9.17, 15) is 4.79 Å². The van der Waals surface area contributed by atoms with Crippen molar-refractivity contribution >= 4 is 5.97 Å². The van der Waals surface area contributed by atoms with Gasteiger partial charge in [-0.15, -0.1) is 0 Å². The highest BCUT2D eigenvalue weighted by Gasteiger charge is 2.44. The van der Waals surface area contributed by atoms with Crippen LogP contribution in [0.15, 0.2) is 0 Å². The molecule has 0 aromatic carbocycles. The predicted molar refractivity (Wildman–Crippen MR) is 65.2 cm³/mol. The van der Waals surface area contributed by atoms with Crippen molar-refractivity contribution in [3.05, 3.63) is 0 Å². The molecule has 1 aliphatic rings. The van der Waals surface area contributed by atoms with Gasteiger partial charge in [-0.3, -0.25) is 9.69 Å². The maximum Gasteiger partial charge on any atom is 0.320 e. The van der Waals surface area contributed by atoms with E-state index >= 15 is 0 Å². The minimum absolute atomic E-state index is 0.144. The third kappa shape index (κ3) is 4.35. The third-order valence-electron chi connectivity index (χ3n) is 3.32. The summed E-state index contributed by atoms with van der Waals surface area (Å²) in [6, 6.07) is 2.55. The van der Waals surface area contributed by atoms with Crippen LogP contribution in [0.2, 0.25) is 0 Å². The van der Waals surface area contributed by atoms with Crippen LogP contribution >= 0.6 is 0 Å². The van der Waals surface area contributed by atoms with E-state index in [0.717, 1.165) is 19.4 Å². The monoisotopic (exact) mass is 238 g/mol. The molecule has 0 aliphatic heterocycles. The number of nitriles is 1. The summed E-state index contributed by atoms with van der Waals surface area (Å²) in [7, 11) is 0. The van der Waals surface area contributed by atoms with Gasteiger partial charge in [0.2, 0.25) is 0 Å². The van der Waals surface area contributed by atoms with Crippen molar-refractivity contribution in [3.8, 4) is 6.07 Å². The minimum atomic E-state index is -0.172. The fourth-order valence-corrected chi connectivity index (χ4v) is 1.96. The Morgan fingerprint density at radius 2 is 2.18 bits per heavy atom. The Balaban J connectivity index is 2.50. The molecule has 1 fully saturated rings. The van der Waals surface area contributed by atoms with E-state index in [4.69, 9.17) is 10.00 Å². The summed E-state index contributed by atoms with van der Waals surface area (Å²) in [5.74, 6) is -0.172. The maximum absolute atomic E-state index is 11.5. The largest absolute Gasteiger partial charge is 0.465 e. The normalized spacial score (nSPS) is 16.9. The molecule has 0 atom stereocenters. The van der Waals surface area contributed by atoms with Gasteiger partial charge in [0.1, 0.15) is 0 Å². The van der Waals surface area contributed by atoms with Crippen LogP contribution < -0.4 is 0 Å². The number of hydrogen-bond acceptors (Lipinski definition) is 4. The van der Waals surface area contributed by atoms with Crippen molar-refractivity contribution in [2.75, 3.05) is 19.7 Å². The zero-order valence-corrected chi connectivity index (χ0v) is 11.0. The molecule has 0 heterocycles. The SMILES string of the molecule is CCOC(=O)CN(CC1(CC#N)CC1)C(C)C. The average Bonchev–Trinajstić information content (AvgIpc) is 2.98. The topological polar surface area (TPSA) is 53.3 Å². The molecule has 4 nitrogen and oxygen atoms in total. The van der Waals surface area contributed by atoms with E-state index in [1.54, 1.807) is 0 Å². The van der Waals surface area contributed by atoms with Gasteiger partial charge in [-0.05, 0) is 39.0 Å². The van der Waals surface area contributed by atoms with Crippen molar-refractivity contribution in [1.29, 1.82) is 5.26 Å². The average molecular weight is 238 g/mol. The zero-order valence-electron chi connectivity index (χ0n) is 11.0. The van der Waals surface area contributed by atoms with Gasteiger partial charge in [0.25, 0.3) is 0 Å². The molecule has 1 rings (SSSR count). The first-order chi connectivity index (χ1) is 8.03. The molecule has 0 spiro atoms. The molecular weight excluding hydrogens is 216 g/mol. The number of rotatable bonds is 7. The van der Waals surface area contributed by atoms with E-state index in [1.807, 2.05) is 6.92 Å². The Kier molecular flexibility index (Phi) is 4.95. The number of hydrogen-bond donors (Lipinski definition) is 0. The molecule has 0 N–H and O–H groups in total. The molecule has 0 amide bonds. The minimum Gasteiger partial charge on any atom is -0.465 e. The molecule has 0 unspecified atom stereocenters. The number of carbonyl (C=O) groups is 1. The summed E-state index contributed by atoms with van der Waals surface area (Å²) < 4.78 is 4.97. The molecule has 0 aromatic rings.